The van der Waals surface area contributed by atoms with Crippen LogP contribution in [0.4, 0.5) is 9.52 Å². The minimum atomic E-state index is -0.372. The van der Waals surface area contributed by atoms with Crippen molar-refractivity contribution >= 4 is 32.6 Å². The number of aryl methyl sites for hydroxylation is 1. The molecular formula is C21H19FN4OS. The lowest BCUT2D eigenvalue weighted by Gasteiger charge is -2.20. The molecule has 142 valence electrons. The summed E-state index contributed by atoms with van der Waals surface area (Å²) in [5, 5.41) is 4.71. The van der Waals surface area contributed by atoms with Gasteiger partial charge in [0.25, 0.3) is 0 Å². The van der Waals surface area contributed by atoms with Crippen molar-refractivity contribution in [2.75, 3.05) is 11.4 Å². The van der Waals surface area contributed by atoms with Crippen LogP contribution in [0.25, 0.3) is 10.2 Å². The Morgan fingerprint density at radius 2 is 1.96 bits per heavy atom. The number of carbonyl (C=O) groups is 1. The third kappa shape index (κ3) is 4.09. The summed E-state index contributed by atoms with van der Waals surface area (Å²) in [4.78, 5) is 19.1. The molecule has 4 aromatic rings. The Kier molecular flexibility index (Phi) is 5.43. The highest BCUT2D eigenvalue weighted by molar-refractivity contribution is 7.22. The monoisotopic (exact) mass is 394 g/mol. The molecule has 2 aromatic carbocycles. The predicted molar refractivity (Wildman–Crippen MR) is 109 cm³/mol. The number of anilines is 1. The fourth-order valence-corrected chi connectivity index (χ4v) is 4.04. The van der Waals surface area contributed by atoms with Gasteiger partial charge in [-0.3, -0.25) is 14.4 Å². The number of hydrogen-bond acceptors (Lipinski definition) is 4. The second-order valence-corrected chi connectivity index (χ2v) is 7.39. The Morgan fingerprint density at radius 1 is 1.11 bits per heavy atom. The molecule has 4 rings (SSSR count). The average molecular weight is 394 g/mol. The van der Waals surface area contributed by atoms with E-state index in [-0.39, 0.29) is 11.7 Å². The zero-order valence-corrected chi connectivity index (χ0v) is 16.0. The number of hydrogen-bond donors (Lipinski definition) is 0. The largest absolute Gasteiger partial charge is 0.286 e. The molecule has 0 atom stereocenters. The van der Waals surface area contributed by atoms with Crippen molar-refractivity contribution in [3.8, 4) is 0 Å². The van der Waals surface area contributed by atoms with Gasteiger partial charge >= 0.3 is 0 Å². The molecule has 28 heavy (non-hydrogen) atoms. The van der Waals surface area contributed by atoms with Crippen molar-refractivity contribution in [2.24, 2.45) is 0 Å². The molecule has 0 saturated carbocycles. The fourth-order valence-electron chi connectivity index (χ4n) is 3.01. The SMILES string of the molecule is O=C(CCc1ccccc1)N(CCn1cccn1)c1nc2c(F)cccc2s1. The molecule has 0 radical (unpaired) electrons. The number of carbonyl (C=O) groups excluding carboxylic acids is 1. The predicted octanol–water partition coefficient (Wildman–Crippen LogP) is 4.30. The number of aromatic nitrogens is 3. The van der Waals surface area contributed by atoms with E-state index in [9.17, 15) is 9.18 Å². The summed E-state index contributed by atoms with van der Waals surface area (Å²) in [7, 11) is 0. The zero-order chi connectivity index (χ0) is 19.3. The van der Waals surface area contributed by atoms with Crippen molar-refractivity contribution in [1.29, 1.82) is 0 Å². The molecule has 1 amide bonds. The molecule has 0 fully saturated rings. The third-order valence-corrected chi connectivity index (χ3v) is 5.52. The van der Waals surface area contributed by atoms with Crippen molar-refractivity contribution in [1.82, 2.24) is 14.8 Å². The van der Waals surface area contributed by atoms with Crippen molar-refractivity contribution in [2.45, 2.75) is 19.4 Å². The maximum atomic E-state index is 14.1. The van der Waals surface area contributed by atoms with Crippen molar-refractivity contribution in [3.63, 3.8) is 0 Å². The van der Waals surface area contributed by atoms with Crippen LogP contribution in [-0.2, 0) is 17.8 Å². The van der Waals surface area contributed by atoms with Gasteiger partial charge in [0.15, 0.2) is 5.13 Å². The quantitative estimate of drug-likeness (QED) is 0.470. The van der Waals surface area contributed by atoms with Crippen molar-refractivity contribution in [3.05, 3.63) is 78.4 Å². The zero-order valence-electron chi connectivity index (χ0n) is 15.2. The van der Waals surface area contributed by atoms with Gasteiger partial charge in [0.05, 0.1) is 11.2 Å². The molecule has 0 aliphatic heterocycles. The Hall–Kier alpha value is -3.06. The molecule has 0 spiro atoms. The number of thiazole rings is 1. The third-order valence-electron chi connectivity index (χ3n) is 4.47. The molecular weight excluding hydrogens is 375 g/mol. The second kappa shape index (κ2) is 8.31. The van der Waals surface area contributed by atoms with Crippen LogP contribution in [0.3, 0.4) is 0 Å². The van der Waals surface area contributed by atoms with Crippen molar-refractivity contribution < 1.29 is 9.18 Å². The maximum Gasteiger partial charge on any atom is 0.229 e. The summed E-state index contributed by atoms with van der Waals surface area (Å²) < 4.78 is 16.6. The lowest BCUT2D eigenvalue weighted by molar-refractivity contribution is -0.118. The lowest BCUT2D eigenvalue weighted by atomic mass is 10.1. The number of amides is 1. The van der Waals surface area contributed by atoms with Crippen LogP contribution in [0.1, 0.15) is 12.0 Å². The number of nitrogens with zero attached hydrogens (tertiary/aromatic N) is 4. The minimum Gasteiger partial charge on any atom is -0.286 e. The Bertz CT molecular complexity index is 1060. The van der Waals surface area contributed by atoms with Gasteiger partial charge in [-0.1, -0.05) is 47.7 Å². The molecule has 0 aliphatic rings. The first kappa shape index (κ1) is 18.3. The molecule has 2 aromatic heterocycles. The number of para-hydroxylation sites is 1. The summed E-state index contributed by atoms with van der Waals surface area (Å²) in [5.74, 6) is -0.403. The first-order chi connectivity index (χ1) is 13.7. The van der Waals surface area contributed by atoms with Gasteiger partial charge in [-0.2, -0.15) is 5.10 Å². The minimum absolute atomic E-state index is 0.0320. The maximum absolute atomic E-state index is 14.1. The number of rotatable bonds is 7. The van der Waals surface area contributed by atoms with Gasteiger partial charge in [0.1, 0.15) is 11.3 Å². The Morgan fingerprint density at radius 3 is 2.71 bits per heavy atom. The standard InChI is InChI=1S/C21H19FN4OS/c22-17-8-4-9-18-20(17)24-21(28-18)26(15-14-25-13-5-12-23-25)19(27)11-10-16-6-2-1-3-7-16/h1-9,12-13H,10-11,14-15H2. The van der Waals surface area contributed by atoms with Crippen LogP contribution >= 0.6 is 11.3 Å². The highest BCUT2D eigenvalue weighted by Crippen LogP contribution is 2.30. The fraction of sp³-hybridized carbons (Fsp3) is 0.190. The average Bonchev–Trinajstić information content (AvgIpc) is 3.38. The molecule has 0 saturated heterocycles. The van der Waals surface area contributed by atoms with Crippen LogP contribution in [0.15, 0.2) is 67.0 Å². The van der Waals surface area contributed by atoms with Gasteiger partial charge in [-0.05, 0) is 30.2 Å². The van der Waals surface area contributed by atoms with E-state index >= 15 is 0 Å². The van der Waals surface area contributed by atoms with Gasteiger partial charge in [0, 0.05) is 25.4 Å². The summed E-state index contributed by atoms with van der Waals surface area (Å²) in [6, 6.07) is 16.6. The van der Waals surface area contributed by atoms with Gasteiger partial charge < -0.3 is 0 Å². The number of fused-ring (bicyclic) bond motifs is 1. The highest BCUT2D eigenvalue weighted by Gasteiger charge is 2.20. The summed E-state index contributed by atoms with van der Waals surface area (Å²) in [6.07, 6.45) is 4.57. The molecule has 0 N–H and O–H groups in total. The topological polar surface area (TPSA) is 51.0 Å². The normalized spacial score (nSPS) is 11.0. The molecule has 0 aliphatic carbocycles. The molecule has 5 nitrogen and oxygen atoms in total. The van der Waals surface area contributed by atoms with E-state index in [1.807, 2.05) is 48.7 Å². The Labute approximate surface area is 166 Å². The summed E-state index contributed by atoms with van der Waals surface area (Å²) in [5.41, 5.74) is 1.42. The summed E-state index contributed by atoms with van der Waals surface area (Å²) >= 11 is 1.33. The van der Waals surface area contributed by atoms with E-state index < -0.39 is 0 Å². The highest BCUT2D eigenvalue weighted by atomic mass is 32.1. The molecule has 0 bridgehead atoms. The van der Waals surface area contributed by atoms with E-state index in [0.717, 1.165) is 10.3 Å². The van der Waals surface area contributed by atoms with E-state index in [0.29, 0.717) is 36.6 Å². The molecule has 0 unspecified atom stereocenters. The van der Waals surface area contributed by atoms with Gasteiger partial charge in [-0.25, -0.2) is 9.37 Å². The van der Waals surface area contributed by atoms with E-state index in [1.54, 1.807) is 21.8 Å². The van der Waals surface area contributed by atoms with Gasteiger partial charge in [-0.15, -0.1) is 0 Å². The molecule has 2 heterocycles. The first-order valence-electron chi connectivity index (χ1n) is 9.07. The van der Waals surface area contributed by atoms with Crippen LogP contribution in [0, 0.1) is 5.82 Å². The van der Waals surface area contributed by atoms with Crippen LogP contribution < -0.4 is 4.90 Å². The number of benzene rings is 2. The van der Waals surface area contributed by atoms with E-state index in [4.69, 9.17) is 0 Å². The smallest absolute Gasteiger partial charge is 0.229 e. The van der Waals surface area contributed by atoms with Crippen LogP contribution in [0.5, 0.6) is 0 Å². The number of halogens is 1. The summed E-state index contributed by atoms with van der Waals surface area (Å²) in [6.45, 7) is 0.971. The first-order valence-corrected chi connectivity index (χ1v) is 9.89. The van der Waals surface area contributed by atoms with E-state index in [1.165, 1.54) is 17.4 Å². The molecule has 7 heteroatoms. The van der Waals surface area contributed by atoms with E-state index in [2.05, 4.69) is 10.1 Å². The lowest BCUT2D eigenvalue weighted by Crippen LogP contribution is -2.34. The second-order valence-electron chi connectivity index (χ2n) is 6.38. The van der Waals surface area contributed by atoms with Crippen LogP contribution in [-0.4, -0.2) is 27.2 Å². The Balaban J connectivity index is 1.56. The van der Waals surface area contributed by atoms with Gasteiger partial charge in [0.2, 0.25) is 5.91 Å². The van der Waals surface area contributed by atoms with Crippen LogP contribution in [0.2, 0.25) is 0 Å².